The van der Waals surface area contributed by atoms with Gasteiger partial charge >= 0.3 is 11.1 Å². The Hall–Kier alpha value is -3.74. The maximum Gasteiger partial charge on any atom is 0.321 e. The first-order valence-corrected chi connectivity index (χ1v) is 9.22. The second kappa shape index (κ2) is 7.35. The molecule has 0 saturated heterocycles. The molecule has 4 rings (SSSR count). The van der Waals surface area contributed by atoms with Crippen molar-refractivity contribution in [3.63, 3.8) is 0 Å². The maximum absolute atomic E-state index is 12.7. The third-order valence-corrected chi connectivity index (χ3v) is 4.82. The van der Waals surface area contributed by atoms with Crippen molar-refractivity contribution in [2.45, 2.75) is 27.3 Å². The van der Waals surface area contributed by atoms with Crippen molar-refractivity contribution in [1.82, 2.24) is 19.3 Å². The van der Waals surface area contributed by atoms with Crippen LogP contribution in [0.3, 0.4) is 0 Å². The van der Waals surface area contributed by atoms with Crippen molar-refractivity contribution in [2.75, 3.05) is 0 Å². The van der Waals surface area contributed by atoms with E-state index in [1.54, 1.807) is 12.4 Å². The van der Waals surface area contributed by atoms with Crippen LogP contribution in [0.1, 0.15) is 22.6 Å². The maximum atomic E-state index is 12.7. The first kappa shape index (κ1) is 18.6. The minimum absolute atomic E-state index is 0.0283. The van der Waals surface area contributed by atoms with Crippen molar-refractivity contribution in [3.8, 4) is 17.1 Å². The second-order valence-electron chi connectivity index (χ2n) is 7.02. The highest BCUT2D eigenvalue weighted by Gasteiger charge is 2.14. The van der Waals surface area contributed by atoms with Gasteiger partial charge in [0, 0.05) is 18.0 Å². The monoisotopic (exact) mass is 388 g/mol. The van der Waals surface area contributed by atoms with Crippen LogP contribution in [0.25, 0.3) is 17.1 Å². The van der Waals surface area contributed by atoms with Crippen LogP contribution in [0.4, 0.5) is 0 Å². The van der Waals surface area contributed by atoms with Crippen molar-refractivity contribution < 1.29 is 4.52 Å². The summed E-state index contributed by atoms with van der Waals surface area (Å²) in [5, 5.41) is 3.97. The minimum Gasteiger partial charge on any atom is -0.337 e. The summed E-state index contributed by atoms with van der Waals surface area (Å²) in [7, 11) is 0. The topological polar surface area (TPSA) is 82.9 Å². The van der Waals surface area contributed by atoms with Crippen LogP contribution in [-0.4, -0.2) is 19.3 Å². The van der Waals surface area contributed by atoms with Crippen LogP contribution in [0.15, 0.2) is 69.0 Å². The highest BCUT2D eigenvalue weighted by molar-refractivity contribution is 5.54. The number of rotatable bonds is 4. The van der Waals surface area contributed by atoms with Gasteiger partial charge in [-0.1, -0.05) is 53.2 Å². The average molecular weight is 388 g/mol. The summed E-state index contributed by atoms with van der Waals surface area (Å²) in [6, 6.07) is 13.5. The Balaban J connectivity index is 1.66. The fourth-order valence-electron chi connectivity index (χ4n) is 3.28. The normalized spacial score (nSPS) is 11.0. The predicted octanol–water partition coefficient (Wildman–Crippen LogP) is 3.02. The SMILES string of the molecule is Cc1ccc(-c2noc(Cn3ccn(-c4c(C)cccc4C)c(=O)c3=O)n2)cc1. The van der Waals surface area contributed by atoms with Crippen molar-refractivity contribution in [1.29, 1.82) is 0 Å². The van der Waals surface area contributed by atoms with E-state index in [-0.39, 0.29) is 12.4 Å². The van der Waals surface area contributed by atoms with Crippen LogP contribution in [-0.2, 0) is 6.54 Å². The van der Waals surface area contributed by atoms with Gasteiger partial charge in [0.05, 0.1) is 5.69 Å². The van der Waals surface area contributed by atoms with Gasteiger partial charge in [-0.15, -0.1) is 0 Å². The van der Waals surface area contributed by atoms with E-state index in [1.807, 2.05) is 63.2 Å². The number of benzene rings is 2. The summed E-state index contributed by atoms with van der Waals surface area (Å²) in [5.74, 6) is 0.698. The Morgan fingerprint density at radius 1 is 0.897 bits per heavy atom. The lowest BCUT2D eigenvalue weighted by molar-refractivity contribution is 0.369. The van der Waals surface area contributed by atoms with E-state index >= 15 is 0 Å². The van der Waals surface area contributed by atoms with Gasteiger partial charge in [-0.3, -0.25) is 18.7 Å². The lowest BCUT2D eigenvalue weighted by atomic mass is 10.1. The number of hydrogen-bond acceptors (Lipinski definition) is 5. The molecule has 0 saturated carbocycles. The van der Waals surface area contributed by atoms with E-state index in [0.29, 0.717) is 5.82 Å². The summed E-state index contributed by atoms with van der Waals surface area (Å²) < 4.78 is 7.93. The molecule has 2 aromatic heterocycles. The predicted molar refractivity (Wildman–Crippen MR) is 109 cm³/mol. The van der Waals surface area contributed by atoms with E-state index in [2.05, 4.69) is 10.1 Å². The fourth-order valence-corrected chi connectivity index (χ4v) is 3.28. The molecule has 0 aliphatic heterocycles. The van der Waals surface area contributed by atoms with Gasteiger partial charge in [0.1, 0.15) is 6.54 Å². The van der Waals surface area contributed by atoms with E-state index < -0.39 is 11.1 Å². The summed E-state index contributed by atoms with van der Waals surface area (Å²) in [6.07, 6.45) is 3.15. The molecule has 7 heteroatoms. The van der Waals surface area contributed by atoms with Crippen molar-refractivity contribution in [2.24, 2.45) is 0 Å². The van der Waals surface area contributed by atoms with Gasteiger partial charge in [0.15, 0.2) is 0 Å². The highest BCUT2D eigenvalue weighted by atomic mass is 16.5. The van der Waals surface area contributed by atoms with E-state index in [1.165, 1.54) is 9.13 Å². The number of para-hydroxylation sites is 1. The minimum atomic E-state index is -0.648. The quantitative estimate of drug-likeness (QED) is 0.502. The van der Waals surface area contributed by atoms with Crippen LogP contribution >= 0.6 is 0 Å². The Bertz CT molecular complexity index is 1280. The summed E-state index contributed by atoms with van der Waals surface area (Å²) in [5.41, 5.74) is 3.25. The van der Waals surface area contributed by atoms with Crippen LogP contribution < -0.4 is 11.1 Å². The summed E-state index contributed by atoms with van der Waals surface area (Å²) in [6.45, 7) is 5.84. The molecular weight excluding hydrogens is 368 g/mol. The largest absolute Gasteiger partial charge is 0.337 e. The molecule has 4 aromatic rings. The first-order valence-electron chi connectivity index (χ1n) is 9.22. The third-order valence-electron chi connectivity index (χ3n) is 4.82. The lowest BCUT2D eigenvalue weighted by Gasteiger charge is -2.12. The number of aryl methyl sites for hydroxylation is 3. The molecule has 2 heterocycles. The lowest BCUT2D eigenvalue weighted by Crippen LogP contribution is -2.40. The van der Waals surface area contributed by atoms with Gasteiger partial charge < -0.3 is 4.52 Å². The van der Waals surface area contributed by atoms with E-state index in [9.17, 15) is 9.59 Å². The molecule has 29 heavy (non-hydrogen) atoms. The van der Waals surface area contributed by atoms with Crippen molar-refractivity contribution >= 4 is 0 Å². The second-order valence-corrected chi connectivity index (χ2v) is 7.02. The zero-order valence-electron chi connectivity index (χ0n) is 16.4. The molecule has 7 nitrogen and oxygen atoms in total. The zero-order valence-corrected chi connectivity index (χ0v) is 16.4. The standard InChI is InChI=1S/C22H20N4O3/c1-14-7-9-17(10-8-14)20-23-18(29-24-20)13-25-11-12-26(22(28)21(25)27)19-15(2)5-4-6-16(19)3/h4-12H,13H2,1-3H3. The van der Waals surface area contributed by atoms with Gasteiger partial charge in [-0.2, -0.15) is 4.98 Å². The molecule has 0 fully saturated rings. The molecule has 0 N–H and O–H groups in total. The van der Waals surface area contributed by atoms with Gasteiger partial charge in [0.2, 0.25) is 11.7 Å². The van der Waals surface area contributed by atoms with Crippen LogP contribution in [0.2, 0.25) is 0 Å². The Morgan fingerprint density at radius 3 is 2.28 bits per heavy atom. The smallest absolute Gasteiger partial charge is 0.321 e. The number of aromatic nitrogens is 4. The molecule has 0 aliphatic carbocycles. The number of hydrogen-bond donors (Lipinski definition) is 0. The third kappa shape index (κ3) is 3.54. The fraction of sp³-hybridized carbons (Fsp3) is 0.182. The van der Waals surface area contributed by atoms with Gasteiger partial charge in [-0.05, 0) is 31.9 Å². The molecule has 0 bridgehead atoms. The molecule has 0 atom stereocenters. The van der Waals surface area contributed by atoms with Crippen LogP contribution in [0.5, 0.6) is 0 Å². The van der Waals surface area contributed by atoms with Gasteiger partial charge in [0.25, 0.3) is 0 Å². The van der Waals surface area contributed by atoms with Gasteiger partial charge in [-0.25, -0.2) is 0 Å². The molecule has 0 radical (unpaired) electrons. The highest BCUT2D eigenvalue weighted by Crippen LogP contribution is 2.17. The molecule has 146 valence electrons. The molecule has 0 amide bonds. The molecule has 0 aliphatic rings. The molecule has 2 aromatic carbocycles. The molecule has 0 unspecified atom stereocenters. The van der Waals surface area contributed by atoms with Crippen molar-refractivity contribution in [3.05, 3.63) is 98.1 Å². The summed E-state index contributed by atoms with van der Waals surface area (Å²) >= 11 is 0. The Kier molecular flexibility index (Phi) is 4.72. The van der Waals surface area contributed by atoms with E-state index in [0.717, 1.165) is 27.9 Å². The first-order chi connectivity index (χ1) is 13.9. The molecular formula is C22H20N4O3. The zero-order chi connectivity index (χ0) is 20.5. The average Bonchev–Trinajstić information content (AvgIpc) is 3.16. The van der Waals surface area contributed by atoms with Crippen LogP contribution in [0, 0.1) is 20.8 Å². The Labute approximate surface area is 166 Å². The Morgan fingerprint density at radius 2 is 1.59 bits per heavy atom. The summed E-state index contributed by atoms with van der Waals surface area (Å²) in [4.78, 5) is 29.7. The van der Waals surface area contributed by atoms with E-state index in [4.69, 9.17) is 4.52 Å². The molecule has 0 spiro atoms. The number of nitrogens with zero attached hydrogens (tertiary/aromatic N) is 4.